The smallest absolute Gasteiger partial charge is 0.238 e. The van der Waals surface area contributed by atoms with Crippen molar-refractivity contribution in [1.29, 1.82) is 0 Å². The Hall–Kier alpha value is -2.68. The predicted octanol–water partition coefficient (Wildman–Crippen LogP) is 3.21. The van der Waals surface area contributed by atoms with E-state index in [0.29, 0.717) is 28.8 Å². The second-order valence-corrected chi connectivity index (χ2v) is 7.74. The molecule has 7 nitrogen and oxygen atoms in total. The number of primary sulfonamides is 1. The van der Waals surface area contributed by atoms with E-state index in [0.717, 1.165) is 5.56 Å². The van der Waals surface area contributed by atoms with Gasteiger partial charge in [-0.05, 0) is 48.5 Å². The van der Waals surface area contributed by atoms with Gasteiger partial charge < -0.3 is 9.73 Å². The van der Waals surface area contributed by atoms with E-state index in [-0.39, 0.29) is 17.2 Å². The molecular weight excluding hydrogens is 390 g/mol. The first-order valence-corrected chi connectivity index (χ1v) is 9.87. The lowest BCUT2D eigenvalue weighted by Crippen LogP contribution is -2.14. The number of hydrogen-bond acceptors (Lipinski definition) is 5. The van der Waals surface area contributed by atoms with Gasteiger partial charge in [0, 0.05) is 29.1 Å². The van der Waals surface area contributed by atoms with E-state index in [1.54, 1.807) is 18.3 Å². The van der Waals surface area contributed by atoms with Crippen molar-refractivity contribution in [1.82, 2.24) is 4.98 Å². The van der Waals surface area contributed by atoms with Crippen LogP contribution in [0, 0.1) is 0 Å². The number of amides is 1. The van der Waals surface area contributed by atoms with Gasteiger partial charge in [-0.3, -0.25) is 4.79 Å². The van der Waals surface area contributed by atoms with Crippen LogP contribution in [-0.4, -0.2) is 19.3 Å². The van der Waals surface area contributed by atoms with Gasteiger partial charge in [-0.1, -0.05) is 11.6 Å². The van der Waals surface area contributed by atoms with Gasteiger partial charge in [0.1, 0.15) is 0 Å². The van der Waals surface area contributed by atoms with Crippen LogP contribution in [0.4, 0.5) is 5.69 Å². The Kier molecular flexibility index (Phi) is 5.59. The number of anilines is 1. The number of carbonyl (C=O) groups is 1. The molecule has 0 spiro atoms. The van der Waals surface area contributed by atoms with E-state index in [2.05, 4.69) is 10.3 Å². The summed E-state index contributed by atoms with van der Waals surface area (Å²) < 4.78 is 28.1. The molecule has 0 saturated carbocycles. The number of aromatic nitrogens is 1. The third kappa shape index (κ3) is 5.16. The monoisotopic (exact) mass is 405 g/mol. The van der Waals surface area contributed by atoms with Gasteiger partial charge in [-0.2, -0.15) is 0 Å². The molecule has 0 atom stereocenters. The predicted molar refractivity (Wildman–Crippen MR) is 102 cm³/mol. The molecule has 0 unspecified atom stereocenters. The number of sulfonamides is 1. The fourth-order valence-corrected chi connectivity index (χ4v) is 2.99. The first-order valence-electron chi connectivity index (χ1n) is 7.94. The molecule has 0 fully saturated rings. The van der Waals surface area contributed by atoms with Gasteiger partial charge in [-0.15, -0.1) is 0 Å². The van der Waals surface area contributed by atoms with Crippen LogP contribution in [0.1, 0.15) is 12.3 Å². The number of benzene rings is 2. The summed E-state index contributed by atoms with van der Waals surface area (Å²) >= 11 is 5.86. The average Bonchev–Trinajstić information content (AvgIpc) is 3.09. The first kappa shape index (κ1) is 19.1. The van der Waals surface area contributed by atoms with Crippen molar-refractivity contribution < 1.29 is 17.6 Å². The third-order valence-electron chi connectivity index (χ3n) is 3.71. The molecule has 0 radical (unpaired) electrons. The molecule has 1 amide bonds. The van der Waals surface area contributed by atoms with E-state index in [4.69, 9.17) is 21.2 Å². The summed E-state index contributed by atoms with van der Waals surface area (Å²) in [5, 5.41) is 8.34. The number of carbonyl (C=O) groups excluding carboxylic acids is 1. The highest BCUT2D eigenvalue weighted by molar-refractivity contribution is 7.89. The average molecular weight is 406 g/mol. The third-order valence-corrected chi connectivity index (χ3v) is 4.90. The van der Waals surface area contributed by atoms with E-state index >= 15 is 0 Å². The van der Waals surface area contributed by atoms with E-state index in [1.807, 2.05) is 12.1 Å². The van der Waals surface area contributed by atoms with Crippen molar-refractivity contribution in [3.8, 4) is 11.3 Å². The van der Waals surface area contributed by atoms with Crippen molar-refractivity contribution >= 4 is 33.2 Å². The molecule has 0 bridgehead atoms. The number of nitrogens with one attached hydrogen (secondary N) is 1. The first-order chi connectivity index (χ1) is 12.8. The molecule has 140 valence electrons. The molecule has 1 heterocycles. The van der Waals surface area contributed by atoms with E-state index in [1.165, 1.54) is 24.3 Å². The molecule has 2 aromatic carbocycles. The minimum Gasteiger partial charge on any atom is -0.441 e. The standard InChI is InChI=1S/C18H16ClN3O4S/c19-13-3-1-12(2-4-13)16-11-21-18(26-16)10-9-17(23)22-14-5-7-15(8-6-14)27(20,24)25/h1-8,11H,9-10H2,(H,22,23)(H2,20,24,25). The van der Waals surface area contributed by atoms with Gasteiger partial charge in [0.05, 0.1) is 11.1 Å². The highest BCUT2D eigenvalue weighted by Crippen LogP contribution is 2.22. The highest BCUT2D eigenvalue weighted by Gasteiger charge is 2.11. The molecular formula is C18H16ClN3O4S. The maximum absolute atomic E-state index is 12.0. The number of oxazole rings is 1. The fraction of sp³-hybridized carbons (Fsp3) is 0.111. The second kappa shape index (κ2) is 7.91. The van der Waals surface area contributed by atoms with Crippen LogP contribution in [0.15, 0.2) is 64.0 Å². The maximum atomic E-state index is 12.0. The zero-order chi connectivity index (χ0) is 19.4. The van der Waals surface area contributed by atoms with Gasteiger partial charge in [0.15, 0.2) is 11.7 Å². The van der Waals surface area contributed by atoms with Crippen molar-refractivity contribution in [3.63, 3.8) is 0 Å². The quantitative estimate of drug-likeness (QED) is 0.653. The van der Waals surface area contributed by atoms with Gasteiger partial charge in [0.25, 0.3) is 0 Å². The molecule has 3 rings (SSSR count). The molecule has 1 aromatic heterocycles. The largest absolute Gasteiger partial charge is 0.441 e. The normalized spacial score (nSPS) is 11.3. The van der Waals surface area contributed by atoms with Crippen molar-refractivity contribution in [2.24, 2.45) is 5.14 Å². The minimum atomic E-state index is -3.76. The van der Waals surface area contributed by atoms with Crippen LogP contribution < -0.4 is 10.5 Å². The lowest BCUT2D eigenvalue weighted by molar-refractivity contribution is -0.116. The molecule has 0 saturated heterocycles. The number of halogens is 1. The molecule has 3 aromatic rings. The summed E-state index contributed by atoms with van der Waals surface area (Å²) in [6.07, 6.45) is 2.09. The Morgan fingerprint density at radius 3 is 2.41 bits per heavy atom. The number of aryl methyl sites for hydroxylation is 1. The lowest BCUT2D eigenvalue weighted by Gasteiger charge is -2.05. The second-order valence-electron chi connectivity index (χ2n) is 5.74. The summed E-state index contributed by atoms with van der Waals surface area (Å²) in [6.45, 7) is 0. The lowest BCUT2D eigenvalue weighted by atomic mass is 10.2. The van der Waals surface area contributed by atoms with Crippen LogP contribution in [0.25, 0.3) is 11.3 Å². The SMILES string of the molecule is NS(=O)(=O)c1ccc(NC(=O)CCc2ncc(-c3ccc(Cl)cc3)o2)cc1. The van der Waals surface area contributed by atoms with Crippen LogP contribution >= 0.6 is 11.6 Å². The molecule has 27 heavy (non-hydrogen) atoms. The molecule has 3 N–H and O–H groups in total. The Morgan fingerprint density at radius 2 is 1.78 bits per heavy atom. The number of nitrogens with two attached hydrogens (primary N) is 1. The summed E-state index contributed by atoms with van der Waals surface area (Å²) in [5.41, 5.74) is 1.32. The Labute approximate surface area is 161 Å². The molecule has 9 heteroatoms. The summed E-state index contributed by atoms with van der Waals surface area (Å²) in [6, 6.07) is 12.8. The maximum Gasteiger partial charge on any atom is 0.238 e. The minimum absolute atomic E-state index is 0.0185. The highest BCUT2D eigenvalue weighted by atomic mass is 35.5. The zero-order valence-electron chi connectivity index (χ0n) is 14.1. The van der Waals surface area contributed by atoms with Crippen LogP contribution in [0.5, 0.6) is 0 Å². The Bertz CT molecular complexity index is 1040. The van der Waals surface area contributed by atoms with Crippen LogP contribution in [0.3, 0.4) is 0 Å². The van der Waals surface area contributed by atoms with Gasteiger partial charge >= 0.3 is 0 Å². The van der Waals surface area contributed by atoms with Crippen molar-refractivity contribution in [2.75, 3.05) is 5.32 Å². The fourth-order valence-electron chi connectivity index (χ4n) is 2.35. The molecule has 0 aliphatic rings. The number of hydrogen-bond donors (Lipinski definition) is 2. The molecule has 0 aliphatic heterocycles. The van der Waals surface area contributed by atoms with Crippen LogP contribution in [-0.2, 0) is 21.2 Å². The van der Waals surface area contributed by atoms with Crippen molar-refractivity contribution in [3.05, 3.63) is 65.6 Å². The van der Waals surface area contributed by atoms with E-state index in [9.17, 15) is 13.2 Å². The Morgan fingerprint density at radius 1 is 1.11 bits per heavy atom. The number of nitrogens with zero attached hydrogens (tertiary/aromatic N) is 1. The van der Waals surface area contributed by atoms with Crippen LogP contribution in [0.2, 0.25) is 5.02 Å². The van der Waals surface area contributed by atoms with Crippen molar-refractivity contribution in [2.45, 2.75) is 17.7 Å². The summed E-state index contributed by atoms with van der Waals surface area (Å²) in [5.74, 6) is 0.796. The summed E-state index contributed by atoms with van der Waals surface area (Å²) in [7, 11) is -3.76. The molecule has 0 aliphatic carbocycles. The van der Waals surface area contributed by atoms with E-state index < -0.39 is 10.0 Å². The zero-order valence-corrected chi connectivity index (χ0v) is 15.6. The van der Waals surface area contributed by atoms with Gasteiger partial charge in [0.2, 0.25) is 15.9 Å². The Balaban J connectivity index is 1.56. The summed E-state index contributed by atoms with van der Waals surface area (Å²) in [4.78, 5) is 16.2. The topological polar surface area (TPSA) is 115 Å². The number of rotatable bonds is 6. The van der Waals surface area contributed by atoms with Gasteiger partial charge in [-0.25, -0.2) is 18.5 Å².